The highest BCUT2D eigenvalue weighted by molar-refractivity contribution is 7.99. The lowest BCUT2D eigenvalue weighted by Gasteiger charge is -2.44. The van der Waals surface area contributed by atoms with Gasteiger partial charge in [0.15, 0.2) is 0 Å². The van der Waals surface area contributed by atoms with Crippen LogP contribution >= 0.6 is 11.8 Å². The van der Waals surface area contributed by atoms with Crippen molar-refractivity contribution in [3.63, 3.8) is 0 Å². The van der Waals surface area contributed by atoms with Crippen LogP contribution in [-0.2, 0) is 5.54 Å². The molecule has 3 atom stereocenters. The van der Waals surface area contributed by atoms with Gasteiger partial charge in [-0.2, -0.15) is 11.8 Å². The molecule has 0 amide bonds. The number of nitrogens with zero attached hydrogens (tertiary/aromatic N) is 1. The molecule has 2 aliphatic rings. The summed E-state index contributed by atoms with van der Waals surface area (Å²) in [5.41, 5.74) is 1.53. The van der Waals surface area contributed by atoms with E-state index in [0.29, 0.717) is 0 Å². The fourth-order valence-electron chi connectivity index (χ4n) is 3.96. The van der Waals surface area contributed by atoms with Crippen molar-refractivity contribution in [3.8, 4) is 0 Å². The van der Waals surface area contributed by atoms with E-state index in [2.05, 4.69) is 66.2 Å². The Kier molecular flexibility index (Phi) is 4.92. The third-order valence-corrected chi connectivity index (χ3v) is 6.35. The van der Waals surface area contributed by atoms with E-state index in [1.54, 1.807) is 0 Å². The van der Waals surface area contributed by atoms with Gasteiger partial charge in [0.25, 0.3) is 0 Å². The summed E-state index contributed by atoms with van der Waals surface area (Å²) in [6.07, 6.45) is 4.20. The molecule has 1 aromatic rings. The van der Waals surface area contributed by atoms with Crippen LogP contribution < -0.4 is 5.32 Å². The predicted octanol–water partition coefficient (Wildman–Crippen LogP) is 3.48. The highest BCUT2D eigenvalue weighted by atomic mass is 32.2. The summed E-state index contributed by atoms with van der Waals surface area (Å²) in [5, 5.41) is 4.66. The first kappa shape index (κ1) is 15.4. The Hall–Kier alpha value is -0.510. The summed E-state index contributed by atoms with van der Waals surface area (Å²) < 4.78 is 0. The number of rotatable bonds is 4. The number of hydrogen-bond donors (Lipinski definition) is 1. The van der Waals surface area contributed by atoms with Crippen molar-refractivity contribution in [2.75, 3.05) is 25.4 Å². The normalized spacial score (nSPS) is 34.2. The zero-order valence-corrected chi connectivity index (χ0v) is 14.2. The van der Waals surface area contributed by atoms with Crippen molar-refractivity contribution in [2.45, 2.75) is 49.9 Å². The van der Waals surface area contributed by atoms with Gasteiger partial charge in [-0.3, -0.25) is 4.90 Å². The van der Waals surface area contributed by atoms with Crippen molar-refractivity contribution < 1.29 is 0 Å². The summed E-state index contributed by atoms with van der Waals surface area (Å²) in [5.74, 6) is 1.26. The third kappa shape index (κ3) is 3.46. The average molecular weight is 305 g/mol. The van der Waals surface area contributed by atoms with Crippen LogP contribution in [0.25, 0.3) is 0 Å². The second-order valence-electron chi connectivity index (χ2n) is 6.64. The molecule has 1 aliphatic carbocycles. The molecule has 0 bridgehead atoms. The summed E-state index contributed by atoms with van der Waals surface area (Å²) in [7, 11) is 0. The minimum atomic E-state index is 0.107. The van der Waals surface area contributed by atoms with Gasteiger partial charge in [0.05, 0.1) is 5.54 Å². The quantitative estimate of drug-likeness (QED) is 0.917. The van der Waals surface area contributed by atoms with Crippen LogP contribution in [0.3, 0.4) is 0 Å². The van der Waals surface area contributed by atoms with Crippen molar-refractivity contribution >= 4 is 11.8 Å². The Balaban J connectivity index is 1.66. The van der Waals surface area contributed by atoms with Crippen molar-refractivity contribution in [1.82, 2.24) is 10.2 Å². The molecule has 3 rings (SSSR count). The van der Waals surface area contributed by atoms with E-state index in [9.17, 15) is 0 Å². The van der Waals surface area contributed by atoms with E-state index in [0.717, 1.165) is 24.4 Å². The second kappa shape index (κ2) is 6.72. The Bertz CT molecular complexity index is 450. The van der Waals surface area contributed by atoms with Crippen molar-refractivity contribution in [1.29, 1.82) is 0 Å². The maximum Gasteiger partial charge on any atom is 0.0535 e. The number of piperazine rings is 1. The van der Waals surface area contributed by atoms with E-state index in [1.165, 1.54) is 37.1 Å². The van der Waals surface area contributed by atoms with E-state index >= 15 is 0 Å². The van der Waals surface area contributed by atoms with Gasteiger partial charge < -0.3 is 5.32 Å². The molecule has 0 spiro atoms. The Labute approximate surface area is 133 Å². The lowest BCUT2D eigenvalue weighted by molar-refractivity contribution is 0.101. The number of hydrogen-bond acceptors (Lipinski definition) is 3. The summed E-state index contributed by atoms with van der Waals surface area (Å²) in [4.78, 5) is 2.75. The minimum absolute atomic E-state index is 0.107. The number of thioether (sulfide) groups is 1. The molecule has 1 saturated heterocycles. The minimum Gasteiger partial charge on any atom is -0.305 e. The lowest BCUT2D eigenvalue weighted by atomic mass is 9.89. The summed E-state index contributed by atoms with van der Waals surface area (Å²) >= 11 is 2.16. The predicted molar refractivity (Wildman–Crippen MR) is 92.9 cm³/mol. The number of benzene rings is 1. The molecule has 1 aromatic carbocycles. The van der Waals surface area contributed by atoms with Gasteiger partial charge >= 0.3 is 0 Å². The van der Waals surface area contributed by atoms with Crippen molar-refractivity contribution in [2.24, 2.45) is 0 Å². The van der Waals surface area contributed by atoms with Crippen LogP contribution in [0.2, 0.25) is 0 Å². The third-order valence-electron chi connectivity index (χ3n) is 5.12. The molecule has 1 heterocycles. The SMILES string of the molecule is CCSC1CCC(N2CCNC(C)(c3ccccc3)C2)C1. The number of nitrogens with one attached hydrogen (secondary N) is 1. The molecule has 0 aromatic heterocycles. The Morgan fingerprint density at radius 1 is 1.29 bits per heavy atom. The topological polar surface area (TPSA) is 15.3 Å². The van der Waals surface area contributed by atoms with E-state index in [1.807, 2.05) is 0 Å². The van der Waals surface area contributed by atoms with E-state index < -0.39 is 0 Å². The van der Waals surface area contributed by atoms with E-state index in [4.69, 9.17) is 0 Å². The Morgan fingerprint density at radius 3 is 2.86 bits per heavy atom. The molecule has 21 heavy (non-hydrogen) atoms. The molecule has 116 valence electrons. The van der Waals surface area contributed by atoms with Gasteiger partial charge in [0.1, 0.15) is 0 Å². The molecular weight excluding hydrogens is 276 g/mol. The van der Waals surface area contributed by atoms with Crippen LogP contribution in [-0.4, -0.2) is 41.6 Å². The molecule has 1 N–H and O–H groups in total. The fourth-order valence-corrected chi connectivity index (χ4v) is 5.10. The smallest absolute Gasteiger partial charge is 0.0535 e. The average Bonchev–Trinajstić information content (AvgIpc) is 2.97. The molecule has 2 nitrogen and oxygen atoms in total. The summed E-state index contributed by atoms with van der Waals surface area (Å²) in [6.45, 7) is 8.10. The van der Waals surface area contributed by atoms with Crippen LogP contribution in [0.5, 0.6) is 0 Å². The monoisotopic (exact) mass is 304 g/mol. The van der Waals surface area contributed by atoms with E-state index in [-0.39, 0.29) is 5.54 Å². The second-order valence-corrected chi connectivity index (χ2v) is 8.22. The van der Waals surface area contributed by atoms with Crippen LogP contribution in [0.4, 0.5) is 0 Å². The highest BCUT2D eigenvalue weighted by Gasteiger charge is 2.37. The molecule has 1 saturated carbocycles. The first-order chi connectivity index (χ1) is 10.2. The zero-order chi connectivity index (χ0) is 14.7. The molecule has 3 heteroatoms. The largest absolute Gasteiger partial charge is 0.305 e. The highest BCUT2D eigenvalue weighted by Crippen LogP contribution is 2.35. The first-order valence-corrected chi connectivity index (χ1v) is 9.42. The van der Waals surface area contributed by atoms with Crippen LogP contribution in [0, 0.1) is 0 Å². The zero-order valence-electron chi connectivity index (χ0n) is 13.3. The van der Waals surface area contributed by atoms with Gasteiger partial charge in [-0.15, -0.1) is 0 Å². The Morgan fingerprint density at radius 2 is 2.10 bits per heavy atom. The van der Waals surface area contributed by atoms with Gasteiger partial charge in [-0.1, -0.05) is 37.3 Å². The summed E-state index contributed by atoms with van der Waals surface area (Å²) in [6, 6.07) is 11.8. The van der Waals surface area contributed by atoms with Gasteiger partial charge in [0, 0.05) is 30.9 Å². The van der Waals surface area contributed by atoms with Crippen molar-refractivity contribution in [3.05, 3.63) is 35.9 Å². The first-order valence-electron chi connectivity index (χ1n) is 8.37. The molecule has 3 unspecified atom stereocenters. The molecular formula is C18H28N2S. The van der Waals surface area contributed by atoms with Gasteiger partial charge in [0.2, 0.25) is 0 Å². The fraction of sp³-hybridized carbons (Fsp3) is 0.667. The van der Waals surface area contributed by atoms with Gasteiger partial charge in [-0.25, -0.2) is 0 Å². The maximum atomic E-state index is 3.75. The standard InChI is InChI=1S/C18H28N2S/c1-3-21-17-10-9-16(13-17)20-12-11-19-18(2,14-20)15-7-5-4-6-8-15/h4-8,16-17,19H,3,9-14H2,1-2H3. The van der Waals surface area contributed by atoms with Crippen LogP contribution in [0.15, 0.2) is 30.3 Å². The van der Waals surface area contributed by atoms with Crippen LogP contribution in [0.1, 0.15) is 38.7 Å². The van der Waals surface area contributed by atoms with Gasteiger partial charge in [-0.05, 0) is 37.5 Å². The molecule has 2 fully saturated rings. The molecule has 1 aliphatic heterocycles. The molecule has 0 radical (unpaired) electrons. The maximum absolute atomic E-state index is 3.75. The lowest BCUT2D eigenvalue weighted by Crippen LogP contribution is -2.58.